The van der Waals surface area contributed by atoms with E-state index >= 15 is 0 Å². The molecule has 0 saturated heterocycles. The molecule has 0 saturated carbocycles. The second-order valence-electron chi connectivity index (χ2n) is 5.30. The predicted molar refractivity (Wildman–Crippen MR) is 101 cm³/mol. The Bertz CT molecular complexity index is 871. The van der Waals surface area contributed by atoms with Crippen LogP contribution in [0.25, 0.3) is 0 Å². The van der Waals surface area contributed by atoms with Crippen LogP contribution in [0.3, 0.4) is 0 Å². The Hall–Kier alpha value is -3.12. The van der Waals surface area contributed by atoms with E-state index in [4.69, 9.17) is 9.47 Å². The summed E-state index contributed by atoms with van der Waals surface area (Å²) in [5.74, 6) is 0.482. The molecule has 1 N–H and O–H groups in total. The van der Waals surface area contributed by atoms with E-state index in [1.54, 1.807) is 54.6 Å². The number of nitrogens with one attached hydrogen (secondary N) is 1. The van der Waals surface area contributed by atoms with Crippen LogP contribution in [0.2, 0.25) is 0 Å². The average Bonchev–Trinajstić information content (AvgIpc) is 3.19. The minimum Gasteiger partial charge on any atom is -0.494 e. The molecule has 5 nitrogen and oxygen atoms in total. The molecule has 1 aromatic heterocycles. The largest absolute Gasteiger partial charge is 0.494 e. The van der Waals surface area contributed by atoms with Gasteiger partial charge in [-0.25, -0.2) is 4.79 Å². The number of carbonyl (C=O) groups excluding carboxylic acids is 2. The van der Waals surface area contributed by atoms with Crippen molar-refractivity contribution in [1.29, 1.82) is 0 Å². The van der Waals surface area contributed by atoms with Gasteiger partial charge in [0, 0.05) is 5.69 Å². The lowest BCUT2D eigenvalue weighted by Crippen LogP contribution is -2.10. The normalized spacial score (nSPS) is 10.2. The van der Waals surface area contributed by atoms with Gasteiger partial charge in [-0.15, -0.1) is 11.3 Å². The molecule has 0 aliphatic rings. The first-order chi connectivity index (χ1) is 12.7. The van der Waals surface area contributed by atoms with Gasteiger partial charge in [-0.05, 0) is 66.9 Å². The van der Waals surface area contributed by atoms with Crippen LogP contribution in [0, 0.1) is 0 Å². The molecular formula is C20H17NO4S. The summed E-state index contributed by atoms with van der Waals surface area (Å²) in [5.41, 5.74) is 1.06. The van der Waals surface area contributed by atoms with Crippen LogP contribution < -0.4 is 14.8 Å². The lowest BCUT2D eigenvalue weighted by atomic mass is 10.2. The first-order valence-corrected chi connectivity index (χ1v) is 8.93. The Labute approximate surface area is 155 Å². The fourth-order valence-electron chi connectivity index (χ4n) is 2.23. The molecule has 0 aliphatic carbocycles. The van der Waals surface area contributed by atoms with Crippen LogP contribution in [-0.4, -0.2) is 18.5 Å². The zero-order valence-corrected chi connectivity index (χ0v) is 14.9. The van der Waals surface area contributed by atoms with Crippen molar-refractivity contribution in [1.82, 2.24) is 0 Å². The third kappa shape index (κ3) is 4.49. The number of benzene rings is 2. The van der Waals surface area contributed by atoms with Gasteiger partial charge in [0.2, 0.25) is 0 Å². The molecule has 0 bridgehead atoms. The summed E-state index contributed by atoms with van der Waals surface area (Å²) in [5, 5.41) is 4.64. The van der Waals surface area contributed by atoms with E-state index in [1.165, 1.54) is 11.3 Å². The quantitative estimate of drug-likeness (QED) is 0.510. The fraction of sp³-hybridized carbons (Fsp3) is 0.100. The number of esters is 1. The van der Waals surface area contributed by atoms with Crippen LogP contribution >= 0.6 is 11.3 Å². The fourth-order valence-corrected chi connectivity index (χ4v) is 2.85. The SMILES string of the molecule is CCOc1ccc(C(=O)Oc2ccc(NC(=O)c3cccs3)cc2)cc1. The molecule has 0 spiro atoms. The van der Waals surface area contributed by atoms with Gasteiger partial charge in [-0.2, -0.15) is 0 Å². The number of hydrogen-bond acceptors (Lipinski definition) is 5. The second-order valence-corrected chi connectivity index (χ2v) is 6.25. The minimum atomic E-state index is -0.455. The number of anilines is 1. The van der Waals surface area contributed by atoms with Gasteiger partial charge in [-0.3, -0.25) is 4.79 Å². The number of amides is 1. The highest BCUT2D eigenvalue weighted by atomic mass is 32.1. The van der Waals surface area contributed by atoms with Crippen molar-refractivity contribution < 1.29 is 19.1 Å². The van der Waals surface area contributed by atoms with Crippen LogP contribution in [0.1, 0.15) is 27.0 Å². The van der Waals surface area contributed by atoms with Gasteiger partial charge < -0.3 is 14.8 Å². The summed E-state index contributed by atoms with van der Waals surface area (Å²) < 4.78 is 10.7. The number of rotatable bonds is 6. The number of thiophene rings is 1. The predicted octanol–water partition coefficient (Wildman–Crippen LogP) is 4.62. The zero-order chi connectivity index (χ0) is 18.4. The highest BCUT2D eigenvalue weighted by molar-refractivity contribution is 7.12. The summed E-state index contributed by atoms with van der Waals surface area (Å²) in [6.07, 6.45) is 0. The third-order valence-corrected chi connectivity index (χ3v) is 4.34. The van der Waals surface area contributed by atoms with E-state index in [2.05, 4.69) is 5.32 Å². The Morgan fingerprint density at radius 3 is 2.27 bits per heavy atom. The van der Waals surface area contributed by atoms with Gasteiger partial charge in [0.1, 0.15) is 11.5 Å². The zero-order valence-electron chi connectivity index (χ0n) is 14.1. The molecule has 1 heterocycles. The monoisotopic (exact) mass is 367 g/mol. The number of ether oxygens (including phenoxy) is 2. The molecule has 3 rings (SSSR count). The van der Waals surface area contributed by atoms with E-state index in [1.807, 2.05) is 18.4 Å². The maximum atomic E-state index is 12.2. The molecule has 0 unspecified atom stereocenters. The van der Waals surface area contributed by atoms with Gasteiger partial charge in [0.05, 0.1) is 17.0 Å². The Morgan fingerprint density at radius 2 is 1.65 bits per heavy atom. The van der Waals surface area contributed by atoms with Gasteiger partial charge >= 0.3 is 5.97 Å². The summed E-state index contributed by atoms with van der Waals surface area (Å²) in [7, 11) is 0. The molecule has 0 atom stereocenters. The summed E-state index contributed by atoms with van der Waals surface area (Å²) in [4.78, 5) is 24.8. The van der Waals surface area contributed by atoms with Crippen LogP contribution in [0.5, 0.6) is 11.5 Å². The standard InChI is InChI=1S/C20H17NO4S/c1-2-24-16-9-5-14(6-10-16)20(23)25-17-11-7-15(8-12-17)21-19(22)18-4-3-13-26-18/h3-13H,2H2,1H3,(H,21,22). The van der Waals surface area contributed by atoms with Crippen molar-refractivity contribution in [3.05, 3.63) is 76.5 Å². The van der Waals surface area contributed by atoms with Crippen molar-refractivity contribution in [2.45, 2.75) is 6.92 Å². The van der Waals surface area contributed by atoms with Crippen molar-refractivity contribution >= 4 is 28.9 Å². The maximum absolute atomic E-state index is 12.2. The molecule has 0 aliphatic heterocycles. The van der Waals surface area contributed by atoms with Gasteiger partial charge in [0.15, 0.2) is 0 Å². The first kappa shape index (κ1) is 17.7. The number of carbonyl (C=O) groups is 2. The molecule has 0 fully saturated rings. The molecule has 3 aromatic rings. The van der Waals surface area contributed by atoms with Crippen molar-refractivity contribution in [2.75, 3.05) is 11.9 Å². The number of hydrogen-bond donors (Lipinski definition) is 1. The lowest BCUT2D eigenvalue weighted by Gasteiger charge is -2.07. The van der Waals surface area contributed by atoms with Gasteiger partial charge in [0.25, 0.3) is 5.91 Å². The maximum Gasteiger partial charge on any atom is 0.343 e. The molecule has 0 radical (unpaired) electrons. The Kier molecular flexibility index (Phi) is 5.66. The Balaban J connectivity index is 1.59. The highest BCUT2D eigenvalue weighted by Gasteiger charge is 2.10. The molecule has 26 heavy (non-hydrogen) atoms. The first-order valence-electron chi connectivity index (χ1n) is 8.05. The summed E-state index contributed by atoms with van der Waals surface area (Å²) in [6, 6.07) is 17.0. The second kappa shape index (κ2) is 8.31. The lowest BCUT2D eigenvalue weighted by molar-refractivity contribution is 0.0734. The minimum absolute atomic E-state index is 0.167. The van der Waals surface area contributed by atoms with Gasteiger partial charge in [-0.1, -0.05) is 6.07 Å². The van der Waals surface area contributed by atoms with E-state index < -0.39 is 5.97 Å². The molecule has 132 valence electrons. The molecule has 2 aromatic carbocycles. The van der Waals surface area contributed by atoms with Crippen molar-refractivity contribution in [2.24, 2.45) is 0 Å². The van der Waals surface area contributed by atoms with E-state index in [9.17, 15) is 9.59 Å². The third-order valence-electron chi connectivity index (χ3n) is 3.47. The Morgan fingerprint density at radius 1 is 0.962 bits per heavy atom. The average molecular weight is 367 g/mol. The van der Waals surface area contributed by atoms with Crippen LogP contribution in [0.4, 0.5) is 5.69 Å². The van der Waals surface area contributed by atoms with Crippen molar-refractivity contribution in [3.8, 4) is 11.5 Å². The highest BCUT2D eigenvalue weighted by Crippen LogP contribution is 2.19. The van der Waals surface area contributed by atoms with E-state index in [0.717, 1.165) is 0 Å². The van der Waals surface area contributed by atoms with E-state index in [0.29, 0.717) is 34.2 Å². The van der Waals surface area contributed by atoms with Crippen LogP contribution in [-0.2, 0) is 0 Å². The smallest absolute Gasteiger partial charge is 0.343 e. The van der Waals surface area contributed by atoms with Crippen molar-refractivity contribution in [3.63, 3.8) is 0 Å². The van der Waals surface area contributed by atoms with Crippen LogP contribution in [0.15, 0.2) is 66.0 Å². The topological polar surface area (TPSA) is 64.6 Å². The summed E-state index contributed by atoms with van der Waals surface area (Å²) >= 11 is 1.37. The molecule has 6 heteroatoms. The molecule has 1 amide bonds. The summed E-state index contributed by atoms with van der Waals surface area (Å²) in [6.45, 7) is 2.47. The molecular weight excluding hydrogens is 350 g/mol. The van der Waals surface area contributed by atoms with E-state index in [-0.39, 0.29) is 5.91 Å².